The van der Waals surface area contributed by atoms with Crippen LogP contribution >= 0.6 is 0 Å². The Hall–Kier alpha value is -2.58. The van der Waals surface area contributed by atoms with Gasteiger partial charge in [0.05, 0.1) is 24.7 Å². The molecule has 1 unspecified atom stereocenters. The van der Waals surface area contributed by atoms with Crippen molar-refractivity contribution in [2.45, 2.75) is 30.2 Å². The van der Waals surface area contributed by atoms with Gasteiger partial charge in [0, 0.05) is 24.4 Å². The van der Waals surface area contributed by atoms with E-state index in [2.05, 4.69) is 10.2 Å². The third kappa shape index (κ3) is 4.76. The fourth-order valence-electron chi connectivity index (χ4n) is 3.97. The van der Waals surface area contributed by atoms with Gasteiger partial charge in [0.1, 0.15) is 0 Å². The molecule has 1 saturated heterocycles. The Balaban J connectivity index is 1.44. The number of hydrogen-bond acceptors (Lipinski definition) is 6. The van der Waals surface area contributed by atoms with Gasteiger partial charge in [-0.2, -0.15) is 0 Å². The molecule has 2 heterocycles. The van der Waals surface area contributed by atoms with Crippen molar-refractivity contribution in [3.63, 3.8) is 0 Å². The van der Waals surface area contributed by atoms with E-state index in [1.54, 1.807) is 12.1 Å². The first kappa shape index (κ1) is 20.7. The second-order valence-electron chi connectivity index (χ2n) is 7.73. The maximum atomic E-state index is 12.6. The van der Waals surface area contributed by atoms with Gasteiger partial charge in [0.25, 0.3) is 0 Å². The van der Waals surface area contributed by atoms with Crippen LogP contribution in [0.3, 0.4) is 0 Å². The first-order valence-electron chi connectivity index (χ1n) is 10.1. The summed E-state index contributed by atoms with van der Waals surface area (Å²) in [6.07, 6.45) is 3.99. The number of amides is 1. The van der Waals surface area contributed by atoms with Gasteiger partial charge in [-0.05, 0) is 55.3 Å². The molecule has 0 aliphatic carbocycles. The average Bonchev–Trinajstić information content (AvgIpc) is 3.02. The molecule has 8 heteroatoms. The fraction of sp³-hybridized carbons (Fsp3) is 0.409. The topological polar surface area (TPSA) is 84.9 Å². The van der Waals surface area contributed by atoms with Crippen molar-refractivity contribution in [3.05, 3.63) is 48.0 Å². The summed E-state index contributed by atoms with van der Waals surface area (Å²) in [6.45, 7) is 2.36. The summed E-state index contributed by atoms with van der Waals surface area (Å²) in [4.78, 5) is 15.0. The number of carbonyl (C=O) groups excluding carboxylic acids is 1. The highest BCUT2D eigenvalue weighted by atomic mass is 32.2. The number of fused-ring (bicyclic) bond motifs is 1. The van der Waals surface area contributed by atoms with E-state index in [1.807, 2.05) is 18.2 Å². The monoisotopic (exact) mass is 430 g/mol. The van der Waals surface area contributed by atoms with Gasteiger partial charge in [-0.1, -0.05) is 12.1 Å². The second kappa shape index (κ2) is 8.65. The predicted molar refractivity (Wildman–Crippen MR) is 114 cm³/mol. The van der Waals surface area contributed by atoms with Crippen molar-refractivity contribution in [3.8, 4) is 11.5 Å². The lowest BCUT2D eigenvalue weighted by Gasteiger charge is -2.25. The zero-order chi connectivity index (χ0) is 21.1. The molecule has 0 spiro atoms. The number of nitrogens with one attached hydrogen (secondary N) is 1. The van der Waals surface area contributed by atoms with Crippen LogP contribution in [-0.4, -0.2) is 51.8 Å². The minimum atomic E-state index is -3.32. The van der Waals surface area contributed by atoms with Crippen LogP contribution in [0.25, 0.3) is 0 Å². The highest BCUT2D eigenvalue weighted by Crippen LogP contribution is 2.37. The third-order valence-electron chi connectivity index (χ3n) is 5.41. The Morgan fingerprint density at radius 2 is 1.90 bits per heavy atom. The Morgan fingerprint density at radius 3 is 2.70 bits per heavy atom. The smallest absolute Gasteiger partial charge is 0.238 e. The molecular formula is C22H26N2O5S. The molecule has 0 bridgehead atoms. The lowest BCUT2D eigenvalue weighted by atomic mass is 10.0. The van der Waals surface area contributed by atoms with Gasteiger partial charge in [0.2, 0.25) is 5.91 Å². The van der Waals surface area contributed by atoms with E-state index in [-0.39, 0.29) is 23.4 Å². The highest BCUT2D eigenvalue weighted by molar-refractivity contribution is 7.90. The van der Waals surface area contributed by atoms with Gasteiger partial charge < -0.3 is 14.8 Å². The van der Waals surface area contributed by atoms with Gasteiger partial charge >= 0.3 is 0 Å². The van der Waals surface area contributed by atoms with E-state index in [4.69, 9.17) is 9.47 Å². The van der Waals surface area contributed by atoms with Crippen LogP contribution in [0.15, 0.2) is 47.4 Å². The van der Waals surface area contributed by atoms with Crippen LogP contribution in [0, 0.1) is 0 Å². The molecule has 0 radical (unpaired) electrons. The number of sulfone groups is 1. The lowest BCUT2D eigenvalue weighted by molar-refractivity contribution is -0.117. The molecule has 2 aliphatic rings. The minimum Gasteiger partial charge on any atom is -0.490 e. The van der Waals surface area contributed by atoms with Crippen molar-refractivity contribution < 1.29 is 22.7 Å². The van der Waals surface area contributed by atoms with Crippen LogP contribution < -0.4 is 14.8 Å². The van der Waals surface area contributed by atoms with E-state index in [9.17, 15) is 13.2 Å². The average molecular weight is 431 g/mol. The normalized spacial score (nSPS) is 19.3. The lowest BCUT2D eigenvalue weighted by Crippen LogP contribution is -2.33. The van der Waals surface area contributed by atoms with Gasteiger partial charge in [0.15, 0.2) is 21.3 Å². The van der Waals surface area contributed by atoms with Crippen LogP contribution in [0.4, 0.5) is 5.69 Å². The molecule has 2 aromatic carbocycles. The summed E-state index contributed by atoms with van der Waals surface area (Å²) in [6, 6.07) is 12.5. The van der Waals surface area contributed by atoms with Crippen LogP contribution in [-0.2, 0) is 14.6 Å². The molecule has 30 heavy (non-hydrogen) atoms. The summed E-state index contributed by atoms with van der Waals surface area (Å²) >= 11 is 0. The summed E-state index contributed by atoms with van der Waals surface area (Å²) in [7, 11) is -3.32. The quantitative estimate of drug-likeness (QED) is 0.785. The Kier molecular flexibility index (Phi) is 5.97. The van der Waals surface area contributed by atoms with Crippen LogP contribution in [0.2, 0.25) is 0 Å². The van der Waals surface area contributed by atoms with Gasteiger partial charge in [-0.3, -0.25) is 9.69 Å². The Labute approximate surface area is 176 Å². The summed E-state index contributed by atoms with van der Waals surface area (Å²) in [5.41, 5.74) is 1.60. The van der Waals surface area contributed by atoms with Crippen molar-refractivity contribution in [2.24, 2.45) is 0 Å². The number of rotatable bonds is 5. The molecule has 1 fully saturated rings. The Morgan fingerprint density at radius 1 is 1.10 bits per heavy atom. The molecule has 1 amide bonds. The van der Waals surface area contributed by atoms with E-state index in [1.165, 1.54) is 12.1 Å². The first-order valence-corrected chi connectivity index (χ1v) is 12.0. The van der Waals surface area contributed by atoms with E-state index in [0.29, 0.717) is 18.9 Å². The maximum absolute atomic E-state index is 12.6. The molecule has 2 aromatic rings. The molecule has 4 rings (SSSR count). The molecule has 0 aromatic heterocycles. The Bertz CT molecular complexity index is 1040. The van der Waals surface area contributed by atoms with Gasteiger partial charge in [-0.25, -0.2) is 8.42 Å². The van der Waals surface area contributed by atoms with Crippen LogP contribution in [0.5, 0.6) is 11.5 Å². The first-order chi connectivity index (χ1) is 14.4. The summed E-state index contributed by atoms with van der Waals surface area (Å²) in [5.74, 6) is 1.37. The largest absolute Gasteiger partial charge is 0.490 e. The fourth-order valence-corrected chi connectivity index (χ4v) is 4.64. The molecule has 2 aliphatic heterocycles. The van der Waals surface area contributed by atoms with E-state index >= 15 is 0 Å². The third-order valence-corrected chi connectivity index (χ3v) is 6.52. The molecular weight excluding hydrogens is 404 g/mol. The summed E-state index contributed by atoms with van der Waals surface area (Å²) < 4.78 is 35.0. The summed E-state index contributed by atoms with van der Waals surface area (Å²) in [5, 5.41) is 2.82. The van der Waals surface area contributed by atoms with Gasteiger partial charge in [-0.15, -0.1) is 0 Å². The number of benzene rings is 2. The van der Waals surface area contributed by atoms with Crippen molar-refractivity contribution in [2.75, 3.05) is 37.9 Å². The molecule has 160 valence electrons. The zero-order valence-electron chi connectivity index (χ0n) is 17.0. The van der Waals surface area contributed by atoms with E-state index < -0.39 is 9.84 Å². The van der Waals surface area contributed by atoms with E-state index in [0.717, 1.165) is 49.1 Å². The number of likely N-dealkylation sites (tertiary alicyclic amines) is 1. The highest BCUT2D eigenvalue weighted by Gasteiger charge is 2.28. The van der Waals surface area contributed by atoms with Crippen molar-refractivity contribution in [1.29, 1.82) is 0 Å². The van der Waals surface area contributed by atoms with Crippen LogP contribution in [0.1, 0.15) is 30.9 Å². The minimum absolute atomic E-state index is 0.134. The number of hydrogen-bond donors (Lipinski definition) is 1. The standard InChI is InChI=1S/C22H26N2O5S/c1-30(26,27)18-6-2-5-17(14-18)23-22(25)15-24-10-3-7-19(24)16-8-9-20-21(13-16)29-12-4-11-28-20/h2,5-6,8-9,13-14,19H,3-4,7,10-12,15H2,1H3,(H,23,25). The van der Waals surface area contributed by atoms with Crippen molar-refractivity contribution in [1.82, 2.24) is 4.90 Å². The molecule has 1 N–H and O–H groups in total. The maximum Gasteiger partial charge on any atom is 0.238 e. The molecule has 0 saturated carbocycles. The van der Waals surface area contributed by atoms with Crippen molar-refractivity contribution >= 4 is 21.4 Å². The molecule has 7 nitrogen and oxygen atoms in total. The molecule has 1 atom stereocenters. The number of ether oxygens (including phenoxy) is 2. The number of nitrogens with zero attached hydrogens (tertiary/aromatic N) is 1. The zero-order valence-corrected chi connectivity index (χ0v) is 17.8. The SMILES string of the molecule is CS(=O)(=O)c1cccc(NC(=O)CN2CCCC2c2ccc3c(c2)OCCCO3)c1. The second-order valence-corrected chi connectivity index (χ2v) is 9.75. The number of carbonyl (C=O) groups is 1. The predicted octanol–water partition coefficient (Wildman–Crippen LogP) is 3.03. The number of anilines is 1.